The molecule has 2 aromatic carbocycles. The van der Waals surface area contributed by atoms with Crippen molar-refractivity contribution in [3.63, 3.8) is 0 Å². The molecule has 1 aliphatic heterocycles. The van der Waals surface area contributed by atoms with Crippen LogP contribution in [0.4, 0.5) is 4.39 Å². The zero-order valence-corrected chi connectivity index (χ0v) is 18.5. The molecule has 0 bridgehead atoms. The van der Waals surface area contributed by atoms with Crippen LogP contribution in [0.1, 0.15) is 61.1 Å². The Bertz CT molecular complexity index is 977. The molecule has 2 aromatic rings. The van der Waals surface area contributed by atoms with Gasteiger partial charge in [-0.15, -0.1) is 0 Å². The highest BCUT2D eigenvalue weighted by Crippen LogP contribution is 2.52. The number of piperidine rings is 1. The van der Waals surface area contributed by atoms with Crippen LogP contribution in [0.5, 0.6) is 0 Å². The van der Waals surface area contributed by atoms with E-state index in [0.717, 1.165) is 38.8 Å². The van der Waals surface area contributed by atoms with Gasteiger partial charge in [-0.3, -0.25) is 4.79 Å². The fourth-order valence-electron chi connectivity index (χ4n) is 5.35. The van der Waals surface area contributed by atoms with Crippen molar-refractivity contribution >= 4 is 5.97 Å². The van der Waals surface area contributed by atoms with Gasteiger partial charge >= 0.3 is 5.97 Å². The molecule has 1 saturated carbocycles. The number of nitrogens with zero attached hydrogens (tertiary/aromatic N) is 2. The number of carboxylic acids is 1. The lowest BCUT2D eigenvalue weighted by Crippen LogP contribution is -2.42. The molecule has 0 radical (unpaired) electrons. The van der Waals surface area contributed by atoms with Gasteiger partial charge in [-0.25, -0.2) is 4.39 Å². The second-order valence-corrected chi connectivity index (χ2v) is 9.63. The highest BCUT2D eigenvalue weighted by molar-refractivity contribution is 5.66. The van der Waals surface area contributed by atoms with Crippen molar-refractivity contribution in [2.24, 2.45) is 11.3 Å². The molecule has 32 heavy (non-hydrogen) atoms. The predicted octanol–water partition coefficient (Wildman–Crippen LogP) is 5.38. The van der Waals surface area contributed by atoms with E-state index in [1.807, 2.05) is 6.07 Å². The summed E-state index contributed by atoms with van der Waals surface area (Å²) in [6, 6.07) is 17.5. The van der Waals surface area contributed by atoms with E-state index >= 15 is 0 Å². The van der Waals surface area contributed by atoms with Crippen LogP contribution < -0.4 is 0 Å². The largest absolute Gasteiger partial charge is 0.481 e. The normalized spacial score (nSPS) is 22.2. The van der Waals surface area contributed by atoms with Gasteiger partial charge in [0, 0.05) is 6.54 Å². The molecule has 1 aliphatic carbocycles. The fourth-order valence-corrected chi connectivity index (χ4v) is 5.35. The highest BCUT2D eigenvalue weighted by Gasteiger charge is 2.41. The molecule has 4 nitrogen and oxygen atoms in total. The number of hydrogen-bond donors (Lipinski definition) is 1. The number of rotatable bonds is 9. The maximum absolute atomic E-state index is 14.7. The predicted molar refractivity (Wildman–Crippen MR) is 122 cm³/mol. The Morgan fingerprint density at radius 1 is 1.19 bits per heavy atom. The summed E-state index contributed by atoms with van der Waals surface area (Å²) in [5, 5.41) is 18.0. The van der Waals surface area contributed by atoms with Crippen LogP contribution in [0.25, 0.3) is 0 Å². The first-order chi connectivity index (χ1) is 15.5. The van der Waals surface area contributed by atoms with E-state index in [-0.39, 0.29) is 17.7 Å². The van der Waals surface area contributed by atoms with Gasteiger partial charge in [0.05, 0.1) is 18.1 Å². The van der Waals surface area contributed by atoms with Gasteiger partial charge in [-0.2, -0.15) is 5.26 Å². The van der Waals surface area contributed by atoms with Gasteiger partial charge in [-0.05, 0) is 92.1 Å². The number of nitriles is 1. The number of carbonyl (C=O) groups is 1. The summed E-state index contributed by atoms with van der Waals surface area (Å²) >= 11 is 0. The molecule has 0 amide bonds. The molecule has 1 saturated heterocycles. The van der Waals surface area contributed by atoms with Gasteiger partial charge < -0.3 is 10.0 Å². The van der Waals surface area contributed by atoms with E-state index in [0.29, 0.717) is 35.9 Å². The van der Waals surface area contributed by atoms with Crippen LogP contribution in [0.2, 0.25) is 0 Å². The fraction of sp³-hybridized carbons (Fsp3) is 0.481. The summed E-state index contributed by atoms with van der Waals surface area (Å²) in [6.07, 6.45) is 6.19. The van der Waals surface area contributed by atoms with Crippen LogP contribution in [0.3, 0.4) is 0 Å². The van der Waals surface area contributed by atoms with Crippen molar-refractivity contribution in [2.75, 3.05) is 19.6 Å². The molecule has 1 N–H and O–H groups in total. The summed E-state index contributed by atoms with van der Waals surface area (Å²) in [5.74, 6) is 0.299. The number of likely N-dealkylation sites (tertiary alicyclic amines) is 1. The first-order valence-electron chi connectivity index (χ1n) is 11.7. The molecule has 1 heterocycles. The number of hydrogen-bond acceptors (Lipinski definition) is 3. The topological polar surface area (TPSA) is 64.3 Å². The molecule has 0 spiro atoms. The lowest BCUT2D eigenvalue weighted by molar-refractivity contribution is -0.137. The van der Waals surface area contributed by atoms with Gasteiger partial charge in [0.1, 0.15) is 5.82 Å². The first kappa shape index (κ1) is 22.5. The lowest BCUT2D eigenvalue weighted by atomic mass is 9.70. The third-order valence-corrected chi connectivity index (χ3v) is 7.50. The van der Waals surface area contributed by atoms with Crippen molar-refractivity contribution in [3.8, 4) is 6.07 Å². The molecule has 2 atom stereocenters. The molecule has 1 unspecified atom stereocenters. The van der Waals surface area contributed by atoms with Crippen molar-refractivity contribution in [1.82, 2.24) is 4.90 Å². The maximum Gasteiger partial charge on any atom is 0.304 e. The Morgan fingerprint density at radius 3 is 2.59 bits per heavy atom. The van der Waals surface area contributed by atoms with Crippen molar-refractivity contribution < 1.29 is 14.3 Å². The Labute approximate surface area is 189 Å². The van der Waals surface area contributed by atoms with E-state index in [9.17, 15) is 9.18 Å². The monoisotopic (exact) mass is 434 g/mol. The zero-order chi connectivity index (χ0) is 22.6. The smallest absolute Gasteiger partial charge is 0.304 e. The summed E-state index contributed by atoms with van der Waals surface area (Å²) in [7, 11) is 0. The third kappa shape index (κ3) is 5.55. The van der Waals surface area contributed by atoms with E-state index in [1.54, 1.807) is 12.1 Å². The third-order valence-electron chi connectivity index (χ3n) is 7.50. The number of halogens is 1. The van der Waals surface area contributed by atoms with E-state index < -0.39 is 5.97 Å². The van der Waals surface area contributed by atoms with Crippen molar-refractivity contribution in [3.05, 3.63) is 71.0 Å². The van der Waals surface area contributed by atoms with Crippen LogP contribution in [0.15, 0.2) is 48.5 Å². The van der Waals surface area contributed by atoms with Crippen LogP contribution >= 0.6 is 0 Å². The van der Waals surface area contributed by atoms with Gasteiger partial charge in [0.25, 0.3) is 0 Å². The summed E-state index contributed by atoms with van der Waals surface area (Å²) in [5.41, 5.74) is 2.50. The Balaban J connectivity index is 1.43. The van der Waals surface area contributed by atoms with Crippen molar-refractivity contribution in [1.29, 1.82) is 5.26 Å². The highest BCUT2D eigenvalue weighted by atomic mass is 19.1. The number of aliphatic carboxylic acids is 1. The van der Waals surface area contributed by atoms with Gasteiger partial charge in [0.15, 0.2) is 0 Å². The van der Waals surface area contributed by atoms with Crippen LogP contribution in [-0.4, -0.2) is 35.6 Å². The van der Waals surface area contributed by atoms with E-state index in [2.05, 4.69) is 35.2 Å². The SMILES string of the molecule is N#Cc1ccc(CC2(CC[C@@H]3CC3c3ccccc3)CCN(CCC(=O)O)CC2)c(F)c1. The van der Waals surface area contributed by atoms with E-state index in [1.165, 1.54) is 18.1 Å². The van der Waals surface area contributed by atoms with Gasteiger partial charge in [0.2, 0.25) is 0 Å². The Hall–Kier alpha value is -2.71. The van der Waals surface area contributed by atoms with Gasteiger partial charge in [-0.1, -0.05) is 36.4 Å². The summed E-state index contributed by atoms with van der Waals surface area (Å²) < 4.78 is 14.7. The minimum Gasteiger partial charge on any atom is -0.481 e. The molecule has 168 valence electrons. The molecule has 2 fully saturated rings. The molecule has 2 aliphatic rings. The Kier molecular flexibility index (Phi) is 6.91. The Morgan fingerprint density at radius 2 is 1.94 bits per heavy atom. The lowest BCUT2D eigenvalue weighted by Gasteiger charge is -2.42. The summed E-state index contributed by atoms with van der Waals surface area (Å²) in [4.78, 5) is 13.2. The average molecular weight is 435 g/mol. The second-order valence-electron chi connectivity index (χ2n) is 9.63. The minimum absolute atomic E-state index is 0.0263. The average Bonchev–Trinajstić information content (AvgIpc) is 3.59. The van der Waals surface area contributed by atoms with Crippen LogP contribution in [0, 0.1) is 28.5 Å². The maximum atomic E-state index is 14.7. The number of carboxylic acid groups (broad SMARTS) is 1. The van der Waals surface area contributed by atoms with Crippen LogP contribution in [-0.2, 0) is 11.2 Å². The standard InChI is InChI=1S/C27H31FN2O2/c28-25-16-20(19-29)6-7-23(25)18-27(11-14-30(15-12-27)13-9-26(31)32)10-8-22-17-24(22)21-4-2-1-3-5-21/h1-7,16,22,24H,8-15,17-18H2,(H,31,32)/t22-,24?/m1/s1. The minimum atomic E-state index is -0.762. The quantitative estimate of drug-likeness (QED) is 0.575. The molecule has 5 heteroatoms. The first-order valence-corrected chi connectivity index (χ1v) is 11.7. The van der Waals surface area contributed by atoms with E-state index in [4.69, 9.17) is 10.4 Å². The molecule has 0 aromatic heterocycles. The molecular formula is C27H31FN2O2. The van der Waals surface area contributed by atoms with Crippen molar-refractivity contribution in [2.45, 2.75) is 50.9 Å². The molecular weight excluding hydrogens is 403 g/mol. The molecule has 4 rings (SSSR count). The zero-order valence-electron chi connectivity index (χ0n) is 18.5. The second kappa shape index (κ2) is 9.83. The number of benzene rings is 2. The summed E-state index contributed by atoms with van der Waals surface area (Å²) in [6.45, 7) is 2.30.